The third-order valence-corrected chi connectivity index (χ3v) is 4.48. The second-order valence-electron chi connectivity index (χ2n) is 5.94. The van der Waals surface area contributed by atoms with Gasteiger partial charge < -0.3 is 4.90 Å². The van der Waals surface area contributed by atoms with Crippen molar-refractivity contribution < 1.29 is 4.79 Å². The van der Waals surface area contributed by atoms with Crippen LogP contribution in [0.2, 0.25) is 0 Å². The molecule has 0 bridgehead atoms. The number of fused-ring (bicyclic) bond motifs is 1. The molecule has 1 amide bonds. The van der Waals surface area contributed by atoms with Gasteiger partial charge in [0.25, 0.3) is 5.91 Å². The van der Waals surface area contributed by atoms with Crippen molar-refractivity contribution in [1.29, 1.82) is 0 Å². The third-order valence-electron chi connectivity index (χ3n) is 4.48. The number of aromatic amines is 1. The molecule has 116 valence electrons. The van der Waals surface area contributed by atoms with Gasteiger partial charge in [-0.25, -0.2) is 0 Å². The van der Waals surface area contributed by atoms with Crippen molar-refractivity contribution in [2.24, 2.45) is 0 Å². The minimum absolute atomic E-state index is 0.0440. The first-order chi connectivity index (χ1) is 11.3. The Morgan fingerprint density at radius 2 is 2.13 bits per heavy atom. The first kappa shape index (κ1) is 13.9. The molecule has 0 aliphatic carbocycles. The number of pyridine rings is 1. The van der Waals surface area contributed by atoms with Gasteiger partial charge in [0.15, 0.2) is 0 Å². The van der Waals surface area contributed by atoms with E-state index in [-0.39, 0.29) is 11.9 Å². The topological polar surface area (TPSA) is 61.9 Å². The molecule has 1 atom stereocenters. The second-order valence-corrected chi connectivity index (χ2v) is 5.94. The number of amides is 1. The fraction of sp³-hybridized carbons (Fsp3) is 0.278. The van der Waals surface area contributed by atoms with Crippen LogP contribution in [0.1, 0.15) is 41.4 Å². The highest BCUT2D eigenvalue weighted by atomic mass is 16.2. The maximum atomic E-state index is 13.0. The van der Waals surface area contributed by atoms with Gasteiger partial charge in [0.2, 0.25) is 0 Å². The number of likely N-dealkylation sites (tertiary alicyclic amines) is 1. The minimum atomic E-state index is 0.0440. The minimum Gasteiger partial charge on any atom is -0.330 e. The summed E-state index contributed by atoms with van der Waals surface area (Å²) in [6.07, 6.45) is 6.56. The van der Waals surface area contributed by atoms with Gasteiger partial charge in [-0.05, 0) is 37.5 Å². The zero-order valence-corrected chi connectivity index (χ0v) is 12.8. The van der Waals surface area contributed by atoms with E-state index in [0.29, 0.717) is 5.56 Å². The molecule has 0 radical (unpaired) electrons. The van der Waals surface area contributed by atoms with Gasteiger partial charge in [0.05, 0.1) is 22.8 Å². The first-order valence-corrected chi connectivity index (χ1v) is 7.98. The van der Waals surface area contributed by atoms with Crippen LogP contribution >= 0.6 is 0 Å². The fourth-order valence-electron chi connectivity index (χ4n) is 3.30. The Bertz CT molecular complexity index is 828. The normalized spacial score (nSPS) is 18.3. The van der Waals surface area contributed by atoms with E-state index in [0.717, 1.165) is 42.4 Å². The predicted octanol–water partition coefficient (Wildman–Crippen LogP) is 3.33. The van der Waals surface area contributed by atoms with Gasteiger partial charge >= 0.3 is 0 Å². The van der Waals surface area contributed by atoms with E-state index in [1.165, 1.54) is 0 Å². The summed E-state index contributed by atoms with van der Waals surface area (Å²) in [7, 11) is 0. The van der Waals surface area contributed by atoms with Gasteiger partial charge in [-0.15, -0.1) is 0 Å². The maximum absolute atomic E-state index is 13.0. The number of benzene rings is 1. The molecule has 0 unspecified atom stereocenters. The molecule has 1 fully saturated rings. The second kappa shape index (κ2) is 5.83. The van der Waals surface area contributed by atoms with Gasteiger partial charge in [0, 0.05) is 24.3 Å². The lowest BCUT2D eigenvalue weighted by Crippen LogP contribution is -2.38. The summed E-state index contributed by atoms with van der Waals surface area (Å²) < 4.78 is 0. The van der Waals surface area contributed by atoms with Crippen LogP contribution in [0.25, 0.3) is 10.9 Å². The van der Waals surface area contributed by atoms with Crippen LogP contribution in [0.15, 0.2) is 48.8 Å². The standard InChI is InChI=1S/C18H18N4O/c23-18(14-11-13-5-1-2-6-15(13)19-12-14)22-10-4-3-7-17(22)16-8-9-20-21-16/h1-2,5-6,8-9,11-12,17H,3-4,7,10H2,(H,20,21)/t17-/m0/s1. The monoisotopic (exact) mass is 306 g/mol. The Balaban J connectivity index is 1.67. The van der Waals surface area contributed by atoms with Crippen LogP contribution in [-0.4, -0.2) is 32.5 Å². The van der Waals surface area contributed by atoms with Gasteiger partial charge in [-0.1, -0.05) is 18.2 Å². The summed E-state index contributed by atoms with van der Waals surface area (Å²) in [6.45, 7) is 0.773. The Labute approximate surface area is 134 Å². The van der Waals surface area contributed by atoms with E-state index in [1.807, 2.05) is 41.3 Å². The Morgan fingerprint density at radius 1 is 1.22 bits per heavy atom. The van der Waals surface area contributed by atoms with Crippen LogP contribution in [0.3, 0.4) is 0 Å². The van der Waals surface area contributed by atoms with Crippen molar-refractivity contribution in [1.82, 2.24) is 20.1 Å². The molecule has 3 heterocycles. The zero-order valence-electron chi connectivity index (χ0n) is 12.8. The van der Waals surface area contributed by atoms with Crippen molar-refractivity contribution in [3.63, 3.8) is 0 Å². The summed E-state index contributed by atoms with van der Waals surface area (Å²) >= 11 is 0. The van der Waals surface area contributed by atoms with Crippen LogP contribution in [0.4, 0.5) is 0 Å². The summed E-state index contributed by atoms with van der Waals surface area (Å²) in [5.41, 5.74) is 2.56. The van der Waals surface area contributed by atoms with Crippen molar-refractivity contribution in [3.8, 4) is 0 Å². The molecule has 4 rings (SSSR count). The fourth-order valence-corrected chi connectivity index (χ4v) is 3.30. The van der Waals surface area contributed by atoms with E-state index >= 15 is 0 Å². The number of piperidine rings is 1. The van der Waals surface area contributed by atoms with Crippen molar-refractivity contribution in [2.45, 2.75) is 25.3 Å². The molecule has 0 spiro atoms. The number of hydrogen-bond donors (Lipinski definition) is 1. The molecule has 5 heteroatoms. The first-order valence-electron chi connectivity index (χ1n) is 7.98. The molecular formula is C18H18N4O. The number of hydrogen-bond acceptors (Lipinski definition) is 3. The summed E-state index contributed by atoms with van der Waals surface area (Å²) in [5, 5.41) is 8.04. The number of rotatable bonds is 2. The molecule has 2 aromatic heterocycles. The molecule has 1 aromatic carbocycles. The average Bonchev–Trinajstić information content (AvgIpc) is 3.15. The SMILES string of the molecule is O=C(c1cnc2ccccc2c1)N1CCCC[C@H]1c1ccn[nH]1. The molecule has 5 nitrogen and oxygen atoms in total. The van der Waals surface area contributed by atoms with Gasteiger partial charge in [-0.3, -0.25) is 14.9 Å². The molecule has 23 heavy (non-hydrogen) atoms. The van der Waals surface area contributed by atoms with E-state index in [1.54, 1.807) is 12.4 Å². The maximum Gasteiger partial charge on any atom is 0.256 e. The quantitative estimate of drug-likeness (QED) is 0.790. The third kappa shape index (κ3) is 2.59. The van der Waals surface area contributed by atoms with E-state index < -0.39 is 0 Å². The smallest absolute Gasteiger partial charge is 0.256 e. The lowest BCUT2D eigenvalue weighted by atomic mass is 9.98. The number of nitrogens with one attached hydrogen (secondary N) is 1. The highest BCUT2D eigenvalue weighted by molar-refractivity contribution is 5.97. The summed E-state index contributed by atoms with van der Waals surface area (Å²) in [5.74, 6) is 0.0440. The summed E-state index contributed by atoms with van der Waals surface area (Å²) in [6, 6.07) is 11.8. The predicted molar refractivity (Wildman–Crippen MR) is 88.0 cm³/mol. The lowest BCUT2D eigenvalue weighted by Gasteiger charge is -2.35. The zero-order chi connectivity index (χ0) is 15.6. The Morgan fingerprint density at radius 3 is 3.00 bits per heavy atom. The van der Waals surface area contributed by atoms with Crippen LogP contribution in [0, 0.1) is 0 Å². The van der Waals surface area contributed by atoms with E-state index in [2.05, 4.69) is 15.2 Å². The highest BCUT2D eigenvalue weighted by Crippen LogP contribution is 2.31. The molecule has 1 aliphatic rings. The Hall–Kier alpha value is -2.69. The number of para-hydroxylation sites is 1. The lowest BCUT2D eigenvalue weighted by molar-refractivity contribution is 0.0606. The van der Waals surface area contributed by atoms with Gasteiger partial charge in [-0.2, -0.15) is 5.10 Å². The molecule has 1 aliphatic heterocycles. The average molecular weight is 306 g/mol. The van der Waals surface area contributed by atoms with Crippen molar-refractivity contribution in [2.75, 3.05) is 6.54 Å². The van der Waals surface area contributed by atoms with E-state index in [9.17, 15) is 4.79 Å². The van der Waals surface area contributed by atoms with Crippen molar-refractivity contribution in [3.05, 3.63) is 60.0 Å². The van der Waals surface area contributed by atoms with Gasteiger partial charge in [0.1, 0.15) is 0 Å². The van der Waals surface area contributed by atoms with E-state index in [4.69, 9.17) is 0 Å². The molecule has 0 saturated carbocycles. The Kier molecular flexibility index (Phi) is 3.54. The number of aromatic nitrogens is 3. The molecule has 3 aromatic rings. The van der Waals surface area contributed by atoms with Crippen LogP contribution < -0.4 is 0 Å². The molecule has 1 saturated heterocycles. The van der Waals surface area contributed by atoms with Crippen LogP contribution in [-0.2, 0) is 0 Å². The number of nitrogens with zero attached hydrogens (tertiary/aromatic N) is 3. The van der Waals surface area contributed by atoms with Crippen LogP contribution in [0.5, 0.6) is 0 Å². The number of carbonyl (C=O) groups is 1. The highest BCUT2D eigenvalue weighted by Gasteiger charge is 2.29. The number of carbonyl (C=O) groups excluding carboxylic acids is 1. The molecule has 1 N–H and O–H groups in total. The number of H-pyrrole nitrogens is 1. The van der Waals surface area contributed by atoms with Crippen molar-refractivity contribution >= 4 is 16.8 Å². The summed E-state index contributed by atoms with van der Waals surface area (Å²) in [4.78, 5) is 19.4. The molecular weight excluding hydrogens is 288 g/mol. The largest absolute Gasteiger partial charge is 0.330 e.